The van der Waals surface area contributed by atoms with Crippen molar-refractivity contribution >= 4 is 21.4 Å². The summed E-state index contributed by atoms with van der Waals surface area (Å²) in [5.41, 5.74) is 5.49. The van der Waals surface area contributed by atoms with Gasteiger partial charge in [-0.1, -0.05) is 0 Å². The number of nitrogens with zero attached hydrogens (tertiary/aromatic N) is 2. The Labute approximate surface area is 119 Å². The van der Waals surface area contributed by atoms with Gasteiger partial charge in [0.15, 0.2) is 0 Å². The molecule has 1 aromatic heterocycles. The zero-order valence-electron chi connectivity index (χ0n) is 11.4. The summed E-state index contributed by atoms with van der Waals surface area (Å²) in [7, 11) is 0.664. The number of sulfonamides is 1. The summed E-state index contributed by atoms with van der Waals surface area (Å²) in [6.45, 7) is 1.74. The summed E-state index contributed by atoms with van der Waals surface area (Å²) in [4.78, 5) is 3.12. The van der Waals surface area contributed by atoms with Crippen LogP contribution in [-0.2, 0) is 16.4 Å². The van der Waals surface area contributed by atoms with E-state index in [1.54, 1.807) is 10.4 Å². The Bertz CT molecular complexity index is 525. The van der Waals surface area contributed by atoms with Gasteiger partial charge in [-0.05, 0) is 45.6 Å². The molecule has 0 bridgehead atoms. The highest BCUT2D eigenvalue weighted by atomic mass is 32.2. The summed E-state index contributed by atoms with van der Waals surface area (Å²) in [5, 5.41) is 0. The van der Waals surface area contributed by atoms with E-state index >= 15 is 0 Å². The first-order valence-corrected chi connectivity index (χ1v) is 8.66. The van der Waals surface area contributed by atoms with E-state index < -0.39 is 10.0 Å². The molecule has 7 heteroatoms. The van der Waals surface area contributed by atoms with Gasteiger partial charge in [-0.25, -0.2) is 8.42 Å². The van der Waals surface area contributed by atoms with Crippen LogP contribution in [0, 0.1) is 0 Å². The van der Waals surface area contributed by atoms with Crippen molar-refractivity contribution in [3.63, 3.8) is 0 Å². The van der Waals surface area contributed by atoms with E-state index in [4.69, 9.17) is 5.73 Å². The van der Waals surface area contributed by atoms with Gasteiger partial charge in [-0.2, -0.15) is 4.31 Å². The van der Waals surface area contributed by atoms with Gasteiger partial charge in [-0.15, -0.1) is 11.3 Å². The van der Waals surface area contributed by atoms with Crippen LogP contribution in [0.2, 0.25) is 0 Å². The predicted octanol–water partition coefficient (Wildman–Crippen LogP) is 0.574. The standard InChI is InChI=1S/C12H21N3O2S2/c1-14(2)10-6-8-15(9-10)19(16,17)12-4-3-11(18-12)5-7-13/h3-4,10H,5-9,13H2,1-2H3. The molecule has 1 aliphatic heterocycles. The molecule has 1 saturated heterocycles. The lowest BCUT2D eigenvalue weighted by atomic mass is 10.2. The maximum Gasteiger partial charge on any atom is 0.252 e. The molecule has 2 N–H and O–H groups in total. The molecule has 1 aliphatic rings. The number of nitrogens with two attached hydrogens (primary N) is 1. The van der Waals surface area contributed by atoms with Crippen molar-refractivity contribution in [2.75, 3.05) is 33.7 Å². The van der Waals surface area contributed by atoms with E-state index in [0.717, 1.165) is 17.7 Å². The fraction of sp³-hybridized carbons (Fsp3) is 0.667. The summed E-state index contributed by atoms with van der Waals surface area (Å²) < 4.78 is 27.0. The van der Waals surface area contributed by atoms with Crippen molar-refractivity contribution < 1.29 is 8.42 Å². The lowest BCUT2D eigenvalue weighted by Crippen LogP contribution is -2.34. The van der Waals surface area contributed by atoms with Crippen molar-refractivity contribution in [2.24, 2.45) is 5.73 Å². The SMILES string of the molecule is CN(C)C1CCN(S(=O)(=O)c2ccc(CCN)s2)C1. The molecule has 19 heavy (non-hydrogen) atoms. The predicted molar refractivity (Wildman–Crippen MR) is 77.9 cm³/mol. The summed E-state index contributed by atoms with van der Waals surface area (Å²) in [5.74, 6) is 0. The fourth-order valence-electron chi connectivity index (χ4n) is 2.25. The maximum atomic E-state index is 12.5. The number of hydrogen-bond acceptors (Lipinski definition) is 5. The van der Waals surface area contributed by atoms with Crippen LogP contribution < -0.4 is 5.73 Å². The quantitative estimate of drug-likeness (QED) is 0.864. The highest BCUT2D eigenvalue weighted by Gasteiger charge is 2.34. The van der Waals surface area contributed by atoms with Crippen LogP contribution in [-0.4, -0.2) is 57.4 Å². The van der Waals surface area contributed by atoms with Gasteiger partial charge in [-0.3, -0.25) is 0 Å². The first-order chi connectivity index (χ1) is 8.95. The number of hydrogen-bond donors (Lipinski definition) is 1. The third kappa shape index (κ3) is 3.17. The van der Waals surface area contributed by atoms with E-state index in [2.05, 4.69) is 4.90 Å². The molecule has 2 rings (SSSR count). The minimum Gasteiger partial charge on any atom is -0.330 e. The van der Waals surface area contributed by atoms with Crippen molar-refractivity contribution in [1.82, 2.24) is 9.21 Å². The Morgan fingerprint density at radius 1 is 1.47 bits per heavy atom. The van der Waals surface area contributed by atoms with Gasteiger partial charge in [0, 0.05) is 24.0 Å². The Kier molecular flexibility index (Phi) is 4.62. The van der Waals surface area contributed by atoms with Gasteiger partial charge >= 0.3 is 0 Å². The van der Waals surface area contributed by atoms with E-state index in [1.807, 2.05) is 20.2 Å². The molecule has 0 aliphatic carbocycles. The molecule has 0 aromatic carbocycles. The second-order valence-corrected chi connectivity index (χ2v) is 8.36. The smallest absolute Gasteiger partial charge is 0.252 e. The second kappa shape index (κ2) is 5.88. The van der Waals surface area contributed by atoms with Crippen molar-refractivity contribution in [1.29, 1.82) is 0 Å². The van der Waals surface area contributed by atoms with Crippen LogP contribution in [0.5, 0.6) is 0 Å². The average Bonchev–Trinajstić information content (AvgIpc) is 2.98. The van der Waals surface area contributed by atoms with E-state index in [-0.39, 0.29) is 0 Å². The zero-order valence-corrected chi connectivity index (χ0v) is 13.0. The third-order valence-corrected chi connectivity index (χ3v) is 6.96. The molecule has 0 spiro atoms. The van der Waals surface area contributed by atoms with Crippen molar-refractivity contribution in [3.05, 3.63) is 17.0 Å². The highest BCUT2D eigenvalue weighted by molar-refractivity contribution is 7.91. The number of rotatable bonds is 5. The van der Waals surface area contributed by atoms with Crippen LogP contribution in [0.4, 0.5) is 0 Å². The average molecular weight is 303 g/mol. The molecule has 0 amide bonds. The molecule has 5 nitrogen and oxygen atoms in total. The van der Waals surface area contributed by atoms with Crippen LogP contribution in [0.25, 0.3) is 0 Å². The fourth-order valence-corrected chi connectivity index (χ4v) is 5.27. The number of likely N-dealkylation sites (N-methyl/N-ethyl adjacent to an activating group) is 1. The monoisotopic (exact) mass is 303 g/mol. The Morgan fingerprint density at radius 2 is 2.21 bits per heavy atom. The lowest BCUT2D eigenvalue weighted by Gasteiger charge is -2.19. The van der Waals surface area contributed by atoms with Crippen LogP contribution in [0.3, 0.4) is 0 Å². The second-order valence-electron chi connectivity index (χ2n) is 5.03. The zero-order chi connectivity index (χ0) is 14.0. The molecule has 108 valence electrons. The van der Waals surface area contributed by atoms with Gasteiger partial charge in [0.25, 0.3) is 10.0 Å². The van der Waals surface area contributed by atoms with Gasteiger partial charge in [0.2, 0.25) is 0 Å². The lowest BCUT2D eigenvalue weighted by molar-refractivity contribution is 0.302. The third-order valence-electron chi connectivity index (χ3n) is 3.48. The van der Waals surface area contributed by atoms with Crippen molar-refractivity contribution in [2.45, 2.75) is 23.1 Å². The first kappa shape index (κ1) is 14.9. The molecule has 1 unspecified atom stereocenters. The van der Waals surface area contributed by atoms with E-state index in [0.29, 0.717) is 29.9 Å². The largest absolute Gasteiger partial charge is 0.330 e. The molecule has 1 atom stereocenters. The molecule has 0 radical (unpaired) electrons. The van der Waals surface area contributed by atoms with Gasteiger partial charge in [0.05, 0.1) is 0 Å². The number of thiophene rings is 1. The molecular weight excluding hydrogens is 282 g/mol. The van der Waals surface area contributed by atoms with Crippen molar-refractivity contribution in [3.8, 4) is 0 Å². The van der Waals surface area contributed by atoms with Crippen LogP contribution in [0.15, 0.2) is 16.3 Å². The van der Waals surface area contributed by atoms with Gasteiger partial charge in [0.1, 0.15) is 4.21 Å². The van der Waals surface area contributed by atoms with Crippen LogP contribution in [0.1, 0.15) is 11.3 Å². The summed E-state index contributed by atoms with van der Waals surface area (Å²) >= 11 is 1.34. The molecular formula is C12H21N3O2S2. The van der Waals surface area contributed by atoms with Gasteiger partial charge < -0.3 is 10.6 Å². The maximum absolute atomic E-state index is 12.5. The minimum absolute atomic E-state index is 0.318. The topological polar surface area (TPSA) is 66.6 Å². The normalized spacial score (nSPS) is 21.4. The Morgan fingerprint density at radius 3 is 2.79 bits per heavy atom. The van der Waals surface area contributed by atoms with E-state index in [1.165, 1.54) is 11.3 Å². The first-order valence-electron chi connectivity index (χ1n) is 6.40. The minimum atomic E-state index is -3.32. The van der Waals surface area contributed by atoms with E-state index in [9.17, 15) is 8.42 Å². The Hall–Kier alpha value is -0.470. The summed E-state index contributed by atoms with van der Waals surface area (Å²) in [6.07, 6.45) is 1.63. The van der Waals surface area contributed by atoms with Crippen LogP contribution >= 0.6 is 11.3 Å². The molecule has 1 fully saturated rings. The molecule has 1 aromatic rings. The molecule has 0 saturated carbocycles. The summed E-state index contributed by atoms with van der Waals surface area (Å²) in [6, 6.07) is 3.89. The Balaban J connectivity index is 2.14. The highest BCUT2D eigenvalue weighted by Crippen LogP contribution is 2.28. The molecule has 2 heterocycles.